The quantitative estimate of drug-likeness (QED) is 0.798. The van der Waals surface area contributed by atoms with Crippen LogP contribution < -0.4 is 10.5 Å². The lowest BCUT2D eigenvalue weighted by Crippen LogP contribution is -2.11. The second kappa shape index (κ2) is 5.46. The van der Waals surface area contributed by atoms with Crippen LogP contribution in [0.5, 0.6) is 5.75 Å². The zero-order valence-corrected chi connectivity index (χ0v) is 8.63. The lowest BCUT2D eigenvalue weighted by molar-refractivity contribution is -0.118. The van der Waals surface area contributed by atoms with Crippen molar-refractivity contribution in [1.82, 2.24) is 0 Å². The second-order valence-electron chi connectivity index (χ2n) is 3.19. The lowest BCUT2D eigenvalue weighted by Gasteiger charge is -2.06. The molecule has 0 aliphatic rings. The van der Waals surface area contributed by atoms with Gasteiger partial charge in [-0.15, -0.1) is 0 Å². The van der Waals surface area contributed by atoms with Crippen LogP contribution in [0.4, 0.5) is 4.39 Å². The summed E-state index contributed by atoms with van der Waals surface area (Å²) in [6.07, 6.45) is 0.344. The van der Waals surface area contributed by atoms with Crippen LogP contribution in [0.1, 0.15) is 12.0 Å². The van der Waals surface area contributed by atoms with Crippen LogP contribution in [0.2, 0.25) is 0 Å². The minimum atomic E-state index is -0.467. The summed E-state index contributed by atoms with van der Waals surface area (Å²) >= 11 is 0. The van der Waals surface area contributed by atoms with Crippen molar-refractivity contribution in [3.8, 4) is 5.75 Å². The number of halogens is 1. The van der Waals surface area contributed by atoms with Crippen molar-refractivity contribution in [2.45, 2.75) is 12.8 Å². The van der Waals surface area contributed by atoms with E-state index in [4.69, 9.17) is 10.5 Å². The Morgan fingerprint density at radius 2 is 2.27 bits per heavy atom. The van der Waals surface area contributed by atoms with Crippen LogP contribution in [0, 0.1) is 5.82 Å². The fourth-order valence-corrected chi connectivity index (χ4v) is 1.31. The monoisotopic (exact) mass is 211 g/mol. The fourth-order valence-electron chi connectivity index (χ4n) is 1.31. The van der Waals surface area contributed by atoms with Crippen LogP contribution in [-0.4, -0.2) is 19.4 Å². The number of ether oxygens (including phenoxy) is 1. The summed E-state index contributed by atoms with van der Waals surface area (Å²) in [6.45, 7) is 0.296. The van der Waals surface area contributed by atoms with Gasteiger partial charge in [0, 0.05) is 12.8 Å². The molecule has 3 nitrogen and oxygen atoms in total. The summed E-state index contributed by atoms with van der Waals surface area (Å²) in [7, 11) is 1.39. The number of methoxy groups -OCH3 is 1. The molecule has 0 saturated carbocycles. The van der Waals surface area contributed by atoms with Gasteiger partial charge in [-0.25, -0.2) is 4.39 Å². The maximum absolute atomic E-state index is 13.6. The molecule has 0 aliphatic carbocycles. The topological polar surface area (TPSA) is 52.3 Å². The number of benzene rings is 1. The summed E-state index contributed by atoms with van der Waals surface area (Å²) in [5.41, 5.74) is 5.59. The van der Waals surface area contributed by atoms with Gasteiger partial charge in [0.15, 0.2) is 11.6 Å². The maximum Gasteiger partial charge on any atom is 0.168 e. The van der Waals surface area contributed by atoms with Gasteiger partial charge in [-0.2, -0.15) is 0 Å². The third kappa shape index (κ3) is 3.02. The van der Waals surface area contributed by atoms with Crippen LogP contribution in [0.25, 0.3) is 0 Å². The molecule has 1 aromatic carbocycles. The highest BCUT2D eigenvalue weighted by molar-refractivity contribution is 5.81. The van der Waals surface area contributed by atoms with E-state index in [0.717, 1.165) is 0 Å². The van der Waals surface area contributed by atoms with Gasteiger partial charge in [-0.1, -0.05) is 12.1 Å². The molecule has 0 aromatic heterocycles. The number of ketones is 1. The van der Waals surface area contributed by atoms with Crippen LogP contribution in [0.15, 0.2) is 18.2 Å². The molecule has 0 fully saturated rings. The molecule has 2 N–H and O–H groups in total. The van der Waals surface area contributed by atoms with E-state index < -0.39 is 5.82 Å². The molecule has 0 aliphatic heterocycles. The molecule has 15 heavy (non-hydrogen) atoms. The number of rotatable bonds is 5. The first-order valence-electron chi connectivity index (χ1n) is 4.72. The fraction of sp³-hybridized carbons (Fsp3) is 0.364. The molecule has 82 valence electrons. The van der Waals surface area contributed by atoms with Gasteiger partial charge in [0.05, 0.1) is 7.11 Å². The lowest BCUT2D eigenvalue weighted by atomic mass is 10.1. The first-order chi connectivity index (χ1) is 7.19. The van der Waals surface area contributed by atoms with Gasteiger partial charge >= 0.3 is 0 Å². The molecule has 0 atom stereocenters. The Balaban J connectivity index is 2.81. The van der Waals surface area contributed by atoms with Crippen LogP contribution >= 0.6 is 0 Å². The third-order valence-corrected chi connectivity index (χ3v) is 2.07. The van der Waals surface area contributed by atoms with Gasteiger partial charge in [0.2, 0.25) is 0 Å². The molecular weight excluding hydrogens is 197 g/mol. The molecule has 0 spiro atoms. The average molecular weight is 211 g/mol. The van der Waals surface area contributed by atoms with Gasteiger partial charge < -0.3 is 10.5 Å². The zero-order chi connectivity index (χ0) is 11.3. The Labute approximate surface area is 88.0 Å². The Kier molecular flexibility index (Phi) is 4.24. The minimum absolute atomic E-state index is 0.0651. The smallest absolute Gasteiger partial charge is 0.168 e. The Morgan fingerprint density at radius 3 is 2.87 bits per heavy atom. The van der Waals surface area contributed by atoms with Crippen molar-refractivity contribution in [1.29, 1.82) is 0 Å². The van der Waals surface area contributed by atoms with Crippen molar-refractivity contribution in [2.24, 2.45) is 5.73 Å². The van der Waals surface area contributed by atoms with E-state index >= 15 is 0 Å². The zero-order valence-electron chi connectivity index (χ0n) is 8.63. The van der Waals surface area contributed by atoms with E-state index in [0.29, 0.717) is 12.1 Å². The molecule has 0 unspecified atom stereocenters. The Morgan fingerprint density at radius 1 is 1.53 bits per heavy atom. The number of Topliss-reactive ketones (excluding diaryl/α,β-unsaturated/α-hetero) is 1. The summed E-state index contributed by atoms with van der Waals surface area (Å²) in [6, 6.07) is 4.76. The highest BCUT2D eigenvalue weighted by atomic mass is 19.1. The molecule has 1 rings (SSSR count). The molecule has 0 amide bonds. The maximum atomic E-state index is 13.6. The standard InChI is InChI=1S/C11H14FNO2/c1-15-10-4-2-3-8(11(10)12)7-9(14)5-6-13/h2-4H,5-7,13H2,1H3. The van der Waals surface area contributed by atoms with Crippen molar-refractivity contribution >= 4 is 5.78 Å². The molecule has 0 radical (unpaired) electrons. The SMILES string of the molecule is COc1cccc(CC(=O)CCN)c1F. The molecule has 0 bridgehead atoms. The first-order valence-corrected chi connectivity index (χ1v) is 4.72. The predicted octanol–water partition coefficient (Wildman–Crippen LogP) is 1.29. The van der Waals surface area contributed by atoms with E-state index in [1.54, 1.807) is 12.1 Å². The van der Waals surface area contributed by atoms with E-state index in [9.17, 15) is 9.18 Å². The summed E-state index contributed by atoms with van der Waals surface area (Å²) in [5, 5.41) is 0. The van der Waals surface area contributed by atoms with Crippen molar-refractivity contribution in [2.75, 3.05) is 13.7 Å². The average Bonchev–Trinajstić information content (AvgIpc) is 2.21. The van der Waals surface area contributed by atoms with Crippen LogP contribution in [0.3, 0.4) is 0 Å². The summed E-state index contributed by atoms with van der Waals surface area (Å²) < 4.78 is 18.4. The predicted molar refractivity (Wildman–Crippen MR) is 55.3 cm³/mol. The highest BCUT2D eigenvalue weighted by Crippen LogP contribution is 2.20. The van der Waals surface area contributed by atoms with Crippen molar-refractivity contribution < 1.29 is 13.9 Å². The molecule has 1 aromatic rings. The van der Waals surface area contributed by atoms with Crippen LogP contribution in [-0.2, 0) is 11.2 Å². The number of nitrogens with two attached hydrogens (primary N) is 1. The van der Waals surface area contributed by atoms with Gasteiger partial charge in [0.1, 0.15) is 5.78 Å². The van der Waals surface area contributed by atoms with E-state index in [-0.39, 0.29) is 24.4 Å². The van der Waals surface area contributed by atoms with E-state index in [2.05, 4.69) is 0 Å². The minimum Gasteiger partial charge on any atom is -0.494 e. The summed E-state index contributed by atoms with van der Waals surface area (Å²) in [5.74, 6) is -0.372. The molecular formula is C11H14FNO2. The Bertz CT molecular complexity index is 352. The molecule has 0 saturated heterocycles. The van der Waals surface area contributed by atoms with Gasteiger partial charge in [-0.3, -0.25) is 4.79 Å². The number of hydrogen-bond acceptors (Lipinski definition) is 3. The number of carbonyl (C=O) groups is 1. The normalized spacial score (nSPS) is 10.1. The number of hydrogen-bond donors (Lipinski definition) is 1. The Hall–Kier alpha value is -1.42. The van der Waals surface area contributed by atoms with Crippen molar-refractivity contribution in [3.63, 3.8) is 0 Å². The largest absolute Gasteiger partial charge is 0.494 e. The first kappa shape index (κ1) is 11.7. The second-order valence-corrected chi connectivity index (χ2v) is 3.19. The van der Waals surface area contributed by atoms with E-state index in [1.165, 1.54) is 13.2 Å². The highest BCUT2D eigenvalue weighted by Gasteiger charge is 2.11. The summed E-state index contributed by atoms with van der Waals surface area (Å²) in [4.78, 5) is 11.3. The van der Waals surface area contributed by atoms with Gasteiger partial charge in [-0.05, 0) is 18.2 Å². The number of carbonyl (C=O) groups excluding carboxylic acids is 1. The van der Waals surface area contributed by atoms with Crippen molar-refractivity contribution in [3.05, 3.63) is 29.6 Å². The third-order valence-electron chi connectivity index (χ3n) is 2.07. The van der Waals surface area contributed by atoms with Gasteiger partial charge in [0.25, 0.3) is 0 Å². The van der Waals surface area contributed by atoms with E-state index in [1.807, 2.05) is 0 Å². The molecule has 4 heteroatoms. The molecule has 0 heterocycles.